The highest BCUT2D eigenvalue weighted by Crippen LogP contribution is 2.34. The molecule has 0 aliphatic heterocycles. The summed E-state index contributed by atoms with van der Waals surface area (Å²) >= 11 is 0. The lowest BCUT2D eigenvalue weighted by Crippen LogP contribution is -2.41. The Morgan fingerprint density at radius 3 is 1.93 bits per heavy atom. The maximum atomic E-state index is 13.5. The third-order valence-electron chi connectivity index (χ3n) is 5.54. The first-order valence-corrected chi connectivity index (χ1v) is 10.2. The largest absolute Gasteiger partial charge is 0.353 e. The average Bonchev–Trinajstić information content (AvgIpc) is 2.67. The van der Waals surface area contributed by atoms with Crippen molar-refractivity contribution in [2.45, 2.75) is 83.8 Å². The van der Waals surface area contributed by atoms with Gasteiger partial charge in [-0.3, -0.25) is 0 Å². The van der Waals surface area contributed by atoms with E-state index < -0.39 is 23.2 Å². The molecule has 0 N–H and O–H groups in total. The summed E-state index contributed by atoms with van der Waals surface area (Å²) in [4.78, 5) is 0. The normalized spacial score (nSPS) is 13.1. The van der Waals surface area contributed by atoms with E-state index in [0.29, 0.717) is 24.8 Å². The molecule has 0 saturated heterocycles. The van der Waals surface area contributed by atoms with Gasteiger partial charge in [0.15, 0.2) is 23.2 Å². The predicted molar refractivity (Wildman–Crippen MR) is 103 cm³/mol. The van der Waals surface area contributed by atoms with Gasteiger partial charge in [-0.05, 0) is 43.4 Å². The Labute approximate surface area is 162 Å². The zero-order valence-corrected chi connectivity index (χ0v) is 17.3. The summed E-state index contributed by atoms with van der Waals surface area (Å²) in [5, 5.41) is 0. The number of aryl methyl sites for hydroxylation is 1. The highest BCUT2D eigenvalue weighted by atomic mass is 19.2. The maximum Gasteiger partial charge on any atom is 0.194 e. The topological polar surface area (TPSA) is 18.5 Å². The van der Waals surface area contributed by atoms with E-state index in [1.807, 2.05) is 6.92 Å². The Bertz CT molecular complexity index is 513. The monoisotopic (exact) mass is 388 g/mol. The number of methoxy groups -OCH3 is 2. The minimum Gasteiger partial charge on any atom is -0.353 e. The second-order valence-corrected chi connectivity index (χ2v) is 7.24. The Morgan fingerprint density at radius 1 is 0.852 bits per heavy atom. The molecule has 2 nitrogen and oxygen atoms in total. The van der Waals surface area contributed by atoms with Crippen molar-refractivity contribution in [3.05, 3.63) is 35.1 Å². The van der Waals surface area contributed by atoms with Gasteiger partial charge in [0.1, 0.15) is 0 Å². The van der Waals surface area contributed by atoms with Crippen LogP contribution in [-0.2, 0) is 15.9 Å². The molecule has 5 heteroatoms. The molecule has 0 radical (unpaired) electrons. The van der Waals surface area contributed by atoms with Gasteiger partial charge in [-0.2, -0.15) is 0 Å². The zero-order valence-electron chi connectivity index (χ0n) is 17.3. The van der Waals surface area contributed by atoms with Crippen LogP contribution in [0.3, 0.4) is 0 Å². The van der Waals surface area contributed by atoms with Crippen molar-refractivity contribution in [2.24, 2.45) is 5.92 Å². The number of hydrogen-bond acceptors (Lipinski definition) is 2. The quantitative estimate of drug-likeness (QED) is 0.198. The smallest absolute Gasteiger partial charge is 0.194 e. The molecule has 0 saturated carbocycles. The van der Waals surface area contributed by atoms with Crippen molar-refractivity contribution in [3.8, 4) is 0 Å². The van der Waals surface area contributed by atoms with Crippen LogP contribution in [0, 0.1) is 23.4 Å². The van der Waals surface area contributed by atoms with Gasteiger partial charge in [0, 0.05) is 20.1 Å². The standard InChI is InChI=1S/C22H35F3O2/c1-5-7-8-9-10-11-12-18(22(6-2,26-3)27-4)14-13-17-15-19(23)21(25)20(24)16-17/h15-16,18H,5-14H2,1-4H3. The molecule has 0 aliphatic rings. The molecule has 0 fully saturated rings. The van der Waals surface area contributed by atoms with Gasteiger partial charge in [-0.25, -0.2) is 13.2 Å². The molecule has 0 aromatic heterocycles. The van der Waals surface area contributed by atoms with Crippen molar-refractivity contribution in [2.75, 3.05) is 14.2 Å². The lowest BCUT2D eigenvalue weighted by molar-refractivity contribution is -0.244. The Hall–Kier alpha value is -1.07. The third kappa shape index (κ3) is 7.11. The minimum atomic E-state index is -1.42. The van der Waals surface area contributed by atoms with Crippen LogP contribution in [0.2, 0.25) is 0 Å². The van der Waals surface area contributed by atoms with Gasteiger partial charge < -0.3 is 9.47 Å². The highest BCUT2D eigenvalue weighted by Gasteiger charge is 2.36. The summed E-state index contributed by atoms with van der Waals surface area (Å²) in [6.45, 7) is 4.21. The van der Waals surface area contributed by atoms with Crippen molar-refractivity contribution >= 4 is 0 Å². The van der Waals surface area contributed by atoms with E-state index >= 15 is 0 Å². The number of unbranched alkanes of at least 4 members (excludes halogenated alkanes) is 5. The van der Waals surface area contributed by atoms with E-state index in [-0.39, 0.29) is 5.92 Å². The fraction of sp³-hybridized carbons (Fsp3) is 0.727. The number of halogens is 3. The van der Waals surface area contributed by atoms with Gasteiger partial charge in [0.25, 0.3) is 0 Å². The van der Waals surface area contributed by atoms with Crippen LogP contribution in [0.25, 0.3) is 0 Å². The highest BCUT2D eigenvalue weighted by molar-refractivity contribution is 5.19. The Kier molecular flexibility index (Phi) is 11.0. The molecule has 0 amide bonds. The van der Waals surface area contributed by atoms with E-state index in [1.165, 1.54) is 25.7 Å². The lowest BCUT2D eigenvalue weighted by Gasteiger charge is -2.38. The van der Waals surface area contributed by atoms with E-state index in [4.69, 9.17) is 9.47 Å². The molecule has 1 rings (SSSR count). The van der Waals surface area contributed by atoms with Crippen LogP contribution in [0.1, 0.15) is 77.2 Å². The molecule has 0 bridgehead atoms. The maximum absolute atomic E-state index is 13.5. The number of benzene rings is 1. The second-order valence-electron chi connectivity index (χ2n) is 7.24. The van der Waals surface area contributed by atoms with Gasteiger partial charge >= 0.3 is 0 Å². The van der Waals surface area contributed by atoms with Gasteiger partial charge in [0.05, 0.1) is 0 Å². The Morgan fingerprint density at radius 2 is 1.41 bits per heavy atom. The molecular weight excluding hydrogens is 353 g/mol. The van der Waals surface area contributed by atoms with Gasteiger partial charge in [0.2, 0.25) is 0 Å². The van der Waals surface area contributed by atoms with E-state index in [1.54, 1.807) is 14.2 Å². The van der Waals surface area contributed by atoms with Crippen LogP contribution in [-0.4, -0.2) is 20.0 Å². The second kappa shape index (κ2) is 12.4. The van der Waals surface area contributed by atoms with Crippen LogP contribution in [0.5, 0.6) is 0 Å². The summed E-state index contributed by atoms with van der Waals surface area (Å²) in [7, 11) is 3.27. The fourth-order valence-corrected chi connectivity index (χ4v) is 3.84. The summed E-state index contributed by atoms with van der Waals surface area (Å²) in [5.74, 6) is -4.31. The third-order valence-corrected chi connectivity index (χ3v) is 5.54. The van der Waals surface area contributed by atoms with Crippen LogP contribution >= 0.6 is 0 Å². The molecule has 0 heterocycles. The first-order chi connectivity index (χ1) is 12.9. The molecule has 1 aromatic carbocycles. The number of ether oxygens (including phenoxy) is 2. The first-order valence-electron chi connectivity index (χ1n) is 10.2. The first kappa shape index (κ1) is 24.0. The van der Waals surface area contributed by atoms with E-state index in [9.17, 15) is 13.2 Å². The Balaban J connectivity index is 2.76. The summed E-state index contributed by atoms with van der Waals surface area (Å²) < 4.78 is 51.6. The summed E-state index contributed by atoms with van der Waals surface area (Å²) in [6, 6.07) is 2.15. The van der Waals surface area contributed by atoms with Crippen LogP contribution in [0.4, 0.5) is 13.2 Å². The van der Waals surface area contributed by atoms with Crippen LogP contribution < -0.4 is 0 Å². The van der Waals surface area contributed by atoms with E-state index in [2.05, 4.69) is 6.92 Å². The van der Waals surface area contributed by atoms with Crippen LogP contribution in [0.15, 0.2) is 12.1 Å². The molecule has 1 atom stereocenters. The zero-order chi connectivity index (χ0) is 20.3. The number of hydrogen-bond donors (Lipinski definition) is 0. The minimum absolute atomic E-state index is 0.0971. The van der Waals surface area contributed by atoms with E-state index in [0.717, 1.165) is 31.4 Å². The molecular formula is C22H35F3O2. The molecule has 156 valence electrons. The molecule has 1 aromatic rings. The van der Waals surface area contributed by atoms with Gasteiger partial charge in [-0.1, -0.05) is 52.4 Å². The summed E-state index contributed by atoms with van der Waals surface area (Å²) in [6.07, 6.45) is 9.90. The van der Waals surface area contributed by atoms with Crippen molar-refractivity contribution in [3.63, 3.8) is 0 Å². The lowest BCUT2D eigenvalue weighted by atomic mass is 9.85. The molecule has 0 spiro atoms. The molecule has 27 heavy (non-hydrogen) atoms. The fourth-order valence-electron chi connectivity index (χ4n) is 3.84. The average molecular weight is 389 g/mol. The predicted octanol–water partition coefficient (Wildman–Crippen LogP) is 6.80. The van der Waals surface area contributed by atoms with Crippen molar-refractivity contribution in [1.29, 1.82) is 0 Å². The number of rotatable bonds is 14. The van der Waals surface area contributed by atoms with Crippen molar-refractivity contribution in [1.82, 2.24) is 0 Å². The SMILES string of the molecule is CCCCCCCCC(CCc1cc(F)c(F)c(F)c1)C(CC)(OC)OC. The summed E-state index contributed by atoms with van der Waals surface area (Å²) in [5.41, 5.74) is 0.455. The molecule has 1 unspecified atom stereocenters. The van der Waals surface area contributed by atoms with Gasteiger partial charge in [-0.15, -0.1) is 0 Å². The molecule has 0 aliphatic carbocycles. The van der Waals surface area contributed by atoms with Crippen molar-refractivity contribution < 1.29 is 22.6 Å².